The van der Waals surface area contributed by atoms with Crippen LogP contribution in [-0.4, -0.2) is 24.4 Å². The number of anilines is 1. The molecule has 2 unspecified atom stereocenters. The Balaban J connectivity index is 1.94. The fraction of sp³-hybridized carbons (Fsp3) is 0.500. The number of rotatable bonds is 3. The molecule has 3 rings (SSSR count). The van der Waals surface area contributed by atoms with E-state index in [4.69, 9.17) is 4.74 Å². The number of nitrogens with zero attached hydrogens (tertiary/aromatic N) is 1. The predicted molar refractivity (Wildman–Crippen MR) is 72.6 cm³/mol. The lowest BCUT2D eigenvalue weighted by Crippen LogP contribution is -2.72. The number of urea groups is 1. The van der Waals surface area contributed by atoms with E-state index in [9.17, 15) is 4.79 Å². The van der Waals surface area contributed by atoms with E-state index < -0.39 is 5.72 Å². The van der Waals surface area contributed by atoms with Gasteiger partial charge in [0, 0.05) is 6.61 Å². The first-order chi connectivity index (χ1) is 9.25. The minimum Gasteiger partial charge on any atom is -0.354 e. The molecule has 2 atom stereocenters. The lowest BCUT2D eigenvalue weighted by molar-refractivity contribution is -0.0711. The van der Waals surface area contributed by atoms with Crippen LogP contribution in [0.2, 0.25) is 0 Å². The van der Waals surface area contributed by atoms with Crippen LogP contribution in [-0.2, 0) is 4.74 Å². The van der Waals surface area contributed by atoms with Crippen molar-refractivity contribution in [2.45, 2.75) is 38.0 Å². The second-order valence-corrected chi connectivity index (χ2v) is 5.00. The van der Waals surface area contributed by atoms with Crippen LogP contribution in [0.5, 0.6) is 0 Å². The van der Waals surface area contributed by atoms with Crippen LogP contribution in [0, 0.1) is 0 Å². The monoisotopic (exact) mass is 261 g/mol. The maximum Gasteiger partial charge on any atom is 0.335 e. The Morgan fingerprint density at radius 3 is 2.95 bits per heavy atom. The maximum absolute atomic E-state index is 11.9. The molecule has 2 N–H and O–H groups in total. The Labute approximate surface area is 112 Å². The number of fused-ring (bicyclic) bond motifs is 1. The second-order valence-electron chi connectivity index (χ2n) is 5.00. The lowest BCUT2D eigenvalue weighted by Gasteiger charge is -2.47. The van der Waals surface area contributed by atoms with Gasteiger partial charge in [-0.1, -0.05) is 18.2 Å². The highest BCUT2D eigenvalue weighted by Gasteiger charge is 2.51. The van der Waals surface area contributed by atoms with Crippen molar-refractivity contribution in [1.29, 1.82) is 0 Å². The van der Waals surface area contributed by atoms with Gasteiger partial charge in [-0.25, -0.2) is 10.2 Å². The molecule has 5 heteroatoms. The molecule has 2 aliphatic rings. The van der Waals surface area contributed by atoms with Crippen LogP contribution in [0.3, 0.4) is 0 Å². The number of benzene rings is 1. The number of hydrazine groups is 1. The second kappa shape index (κ2) is 4.74. The average molecular weight is 261 g/mol. The van der Waals surface area contributed by atoms with E-state index in [0.717, 1.165) is 24.9 Å². The molecule has 1 saturated heterocycles. The third-order valence-electron chi connectivity index (χ3n) is 3.86. The summed E-state index contributed by atoms with van der Waals surface area (Å²) in [5.41, 5.74) is 3.34. The number of para-hydroxylation sites is 1. The maximum atomic E-state index is 11.9. The van der Waals surface area contributed by atoms with Crippen LogP contribution in [0.4, 0.5) is 10.5 Å². The molecule has 2 amide bonds. The fourth-order valence-corrected chi connectivity index (χ4v) is 3.14. The highest BCUT2D eigenvalue weighted by atomic mass is 16.5. The third-order valence-corrected chi connectivity index (χ3v) is 3.86. The van der Waals surface area contributed by atoms with Gasteiger partial charge >= 0.3 is 6.03 Å². The van der Waals surface area contributed by atoms with Crippen LogP contribution < -0.4 is 15.8 Å². The molecule has 1 aromatic rings. The smallest absolute Gasteiger partial charge is 0.335 e. The SMILES string of the molecule is CCOC12CCCC1N(c1ccccc1)NC(=O)N2. The van der Waals surface area contributed by atoms with Crippen LogP contribution in [0.15, 0.2) is 30.3 Å². The van der Waals surface area contributed by atoms with Gasteiger partial charge in [-0.2, -0.15) is 0 Å². The zero-order chi connectivity index (χ0) is 13.3. The third kappa shape index (κ3) is 2.04. The van der Waals surface area contributed by atoms with Crippen molar-refractivity contribution in [2.75, 3.05) is 11.6 Å². The number of ether oxygens (including phenoxy) is 1. The first-order valence-corrected chi connectivity index (χ1v) is 6.82. The molecule has 0 spiro atoms. The van der Waals surface area contributed by atoms with Crippen molar-refractivity contribution >= 4 is 11.7 Å². The van der Waals surface area contributed by atoms with Gasteiger partial charge in [0.2, 0.25) is 0 Å². The Bertz CT molecular complexity index is 465. The van der Waals surface area contributed by atoms with Crippen molar-refractivity contribution in [3.63, 3.8) is 0 Å². The van der Waals surface area contributed by atoms with Gasteiger partial charge < -0.3 is 10.1 Å². The van der Waals surface area contributed by atoms with Gasteiger partial charge in [-0.3, -0.25) is 5.01 Å². The summed E-state index contributed by atoms with van der Waals surface area (Å²) in [6.07, 6.45) is 2.92. The minimum atomic E-state index is -0.549. The molecule has 1 aromatic carbocycles. The summed E-state index contributed by atoms with van der Waals surface area (Å²) in [4.78, 5) is 11.9. The van der Waals surface area contributed by atoms with Crippen molar-refractivity contribution in [3.8, 4) is 0 Å². The van der Waals surface area contributed by atoms with Crippen molar-refractivity contribution in [1.82, 2.24) is 10.7 Å². The van der Waals surface area contributed by atoms with E-state index in [2.05, 4.69) is 10.7 Å². The van der Waals surface area contributed by atoms with Gasteiger partial charge in [0.25, 0.3) is 0 Å². The zero-order valence-corrected chi connectivity index (χ0v) is 11.1. The number of nitrogens with one attached hydrogen (secondary N) is 2. The summed E-state index contributed by atoms with van der Waals surface area (Å²) in [6.45, 7) is 2.56. The molecule has 1 aliphatic carbocycles. The summed E-state index contributed by atoms with van der Waals surface area (Å²) in [5.74, 6) is 0. The topological polar surface area (TPSA) is 53.6 Å². The zero-order valence-electron chi connectivity index (χ0n) is 11.1. The molecular formula is C14H19N3O2. The van der Waals surface area contributed by atoms with E-state index in [1.54, 1.807) is 0 Å². The summed E-state index contributed by atoms with van der Waals surface area (Å²) in [7, 11) is 0. The molecule has 2 fully saturated rings. The Morgan fingerprint density at radius 2 is 2.21 bits per heavy atom. The van der Waals surface area contributed by atoms with Gasteiger partial charge in [0.05, 0.1) is 11.7 Å². The Hall–Kier alpha value is -1.75. The number of hydrogen-bond donors (Lipinski definition) is 2. The van der Waals surface area contributed by atoms with E-state index in [0.29, 0.717) is 6.61 Å². The van der Waals surface area contributed by atoms with Gasteiger partial charge in [-0.15, -0.1) is 0 Å². The summed E-state index contributed by atoms with van der Waals surface area (Å²) >= 11 is 0. The van der Waals surface area contributed by atoms with E-state index in [1.807, 2.05) is 42.3 Å². The molecule has 1 aliphatic heterocycles. The van der Waals surface area contributed by atoms with Crippen molar-refractivity contribution < 1.29 is 9.53 Å². The van der Waals surface area contributed by atoms with Crippen molar-refractivity contribution in [2.24, 2.45) is 0 Å². The molecule has 0 bridgehead atoms. The van der Waals surface area contributed by atoms with Gasteiger partial charge in [0.1, 0.15) is 0 Å². The predicted octanol–water partition coefficient (Wildman–Crippen LogP) is 2.01. The molecule has 1 heterocycles. The van der Waals surface area contributed by atoms with Crippen molar-refractivity contribution in [3.05, 3.63) is 30.3 Å². The summed E-state index contributed by atoms with van der Waals surface area (Å²) in [5, 5.41) is 4.92. The molecule has 19 heavy (non-hydrogen) atoms. The minimum absolute atomic E-state index is 0.132. The number of carbonyl (C=O) groups is 1. The molecule has 0 aromatic heterocycles. The van der Waals surface area contributed by atoms with E-state index >= 15 is 0 Å². The first kappa shape index (κ1) is 12.3. The van der Waals surface area contributed by atoms with Gasteiger partial charge in [0.15, 0.2) is 5.72 Å². The molecule has 102 valence electrons. The number of amides is 2. The number of hydrogen-bond acceptors (Lipinski definition) is 3. The van der Waals surface area contributed by atoms with Crippen LogP contribution >= 0.6 is 0 Å². The van der Waals surface area contributed by atoms with Gasteiger partial charge in [-0.05, 0) is 38.3 Å². The molecule has 0 radical (unpaired) electrons. The Kier molecular flexibility index (Phi) is 3.06. The summed E-state index contributed by atoms with van der Waals surface area (Å²) in [6, 6.07) is 9.85. The molecule has 1 saturated carbocycles. The molecule has 5 nitrogen and oxygen atoms in total. The standard InChI is InChI=1S/C14H19N3O2/c1-2-19-14-10-6-9-12(14)17(16-13(18)15-14)11-7-4-3-5-8-11/h3-5,7-8,12H,2,6,9-10H2,1H3,(H2,15,16,18). The van der Waals surface area contributed by atoms with E-state index in [1.165, 1.54) is 0 Å². The normalized spacial score (nSPS) is 29.6. The summed E-state index contributed by atoms with van der Waals surface area (Å²) < 4.78 is 5.90. The highest BCUT2D eigenvalue weighted by molar-refractivity contribution is 5.79. The van der Waals surface area contributed by atoms with E-state index in [-0.39, 0.29) is 12.1 Å². The fourth-order valence-electron chi connectivity index (χ4n) is 3.14. The quantitative estimate of drug-likeness (QED) is 0.875. The lowest BCUT2D eigenvalue weighted by atomic mass is 10.1. The number of carbonyl (C=O) groups excluding carboxylic acids is 1. The van der Waals surface area contributed by atoms with Crippen LogP contribution in [0.25, 0.3) is 0 Å². The first-order valence-electron chi connectivity index (χ1n) is 6.82. The largest absolute Gasteiger partial charge is 0.354 e. The highest BCUT2D eigenvalue weighted by Crippen LogP contribution is 2.38. The average Bonchev–Trinajstić information content (AvgIpc) is 2.82. The molecular weight excluding hydrogens is 242 g/mol. The Morgan fingerprint density at radius 1 is 1.42 bits per heavy atom. The van der Waals surface area contributed by atoms with Crippen LogP contribution in [0.1, 0.15) is 26.2 Å².